The molecule has 2 aromatic carbocycles. The van der Waals surface area contributed by atoms with Gasteiger partial charge in [0.2, 0.25) is 5.91 Å². The normalized spacial score (nSPS) is 18.2. The minimum absolute atomic E-state index is 0.0203. The molecule has 1 amide bonds. The van der Waals surface area contributed by atoms with E-state index < -0.39 is 6.04 Å². The molecule has 5 heteroatoms. The molecular weight excluding hydrogens is 430 g/mol. The number of likely N-dealkylation sites (tertiary alicyclic amines) is 1. The zero-order chi connectivity index (χ0) is 23.9. The van der Waals surface area contributed by atoms with E-state index in [2.05, 4.69) is 10.2 Å². The van der Waals surface area contributed by atoms with Crippen molar-refractivity contribution < 1.29 is 13.6 Å². The van der Waals surface area contributed by atoms with Gasteiger partial charge in [0.25, 0.3) is 0 Å². The van der Waals surface area contributed by atoms with Crippen molar-refractivity contribution in [2.45, 2.75) is 51.5 Å². The van der Waals surface area contributed by atoms with Crippen LogP contribution >= 0.6 is 0 Å². The first-order chi connectivity index (χ1) is 16.5. The summed E-state index contributed by atoms with van der Waals surface area (Å²) in [5.74, 6) is -0.479. The fourth-order valence-corrected chi connectivity index (χ4v) is 4.90. The summed E-state index contributed by atoms with van der Waals surface area (Å²) < 4.78 is 28.5. The Balaban J connectivity index is 1.32. The van der Waals surface area contributed by atoms with E-state index >= 15 is 0 Å². The Hall–Kier alpha value is -2.79. The van der Waals surface area contributed by atoms with E-state index in [4.69, 9.17) is 0 Å². The summed E-state index contributed by atoms with van der Waals surface area (Å²) >= 11 is 0. The molecule has 1 atom stereocenters. The zero-order valence-corrected chi connectivity index (χ0v) is 19.9. The van der Waals surface area contributed by atoms with E-state index in [0.717, 1.165) is 74.9 Å². The maximum atomic E-state index is 14.6. The van der Waals surface area contributed by atoms with Crippen molar-refractivity contribution in [3.8, 4) is 0 Å². The molecule has 0 bridgehead atoms. The van der Waals surface area contributed by atoms with E-state index in [1.807, 2.05) is 37.3 Å². The summed E-state index contributed by atoms with van der Waals surface area (Å²) in [5, 5.41) is 3.13. The van der Waals surface area contributed by atoms with Gasteiger partial charge in [0, 0.05) is 11.5 Å². The number of halogens is 2. The molecule has 0 aromatic heterocycles. The van der Waals surface area contributed by atoms with Crippen LogP contribution in [0.4, 0.5) is 8.78 Å². The van der Waals surface area contributed by atoms with Gasteiger partial charge in [0.1, 0.15) is 11.6 Å². The van der Waals surface area contributed by atoms with Crippen molar-refractivity contribution in [2.75, 3.05) is 19.6 Å². The van der Waals surface area contributed by atoms with Crippen molar-refractivity contribution in [3.05, 3.63) is 94.6 Å². The minimum Gasteiger partial charge on any atom is -0.345 e. The van der Waals surface area contributed by atoms with Crippen LogP contribution in [0.1, 0.15) is 61.3 Å². The third-order valence-electron chi connectivity index (χ3n) is 6.98. The second-order valence-corrected chi connectivity index (χ2v) is 9.45. The average Bonchev–Trinajstić information content (AvgIpc) is 2.85. The lowest BCUT2D eigenvalue weighted by Gasteiger charge is -2.32. The number of nitrogens with one attached hydrogen (secondary N) is 1. The van der Waals surface area contributed by atoms with Crippen LogP contribution in [0, 0.1) is 18.7 Å². The number of benzene rings is 2. The van der Waals surface area contributed by atoms with Gasteiger partial charge < -0.3 is 10.2 Å². The second-order valence-electron chi connectivity index (χ2n) is 9.45. The fourth-order valence-electron chi connectivity index (χ4n) is 4.90. The first-order valence-electron chi connectivity index (χ1n) is 12.4. The number of hydrogen-bond acceptors (Lipinski definition) is 2. The molecule has 180 valence electrons. The summed E-state index contributed by atoms with van der Waals surface area (Å²) in [6, 6.07) is 14.0. The Kier molecular flexibility index (Phi) is 8.28. The standard InChI is InChI=1S/C29H34F2N2O/c1-21-12-14-23(15-13-21)28(25-9-3-5-11-27(25)31)32-29(34)24-16-19-33(20-17-24)18-6-8-22-7-2-4-10-26(22)30/h3,5,7,9-15,24,28H,2,4,6,8,16-20H2,1H3,(H,32,34). The van der Waals surface area contributed by atoms with Gasteiger partial charge in [-0.05, 0) is 88.4 Å². The van der Waals surface area contributed by atoms with E-state index in [-0.39, 0.29) is 23.5 Å². The minimum atomic E-state index is -0.515. The molecule has 0 saturated carbocycles. The number of nitrogens with zero attached hydrogens (tertiary/aromatic N) is 1. The predicted octanol–water partition coefficient (Wildman–Crippen LogP) is 6.41. The number of rotatable bonds is 8. The maximum absolute atomic E-state index is 14.6. The number of hydrogen-bond donors (Lipinski definition) is 1. The summed E-state index contributed by atoms with van der Waals surface area (Å²) in [5.41, 5.74) is 3.32. The van der Waals surface area contributed by atoms with Gasteiger partial charge in [-0.2, -0.15) is 0 Å². The summed E-state index contributed by atoms with van der Waals surface area (Å²) in [7, 11) is 0. The molecule has 1 heterocycles. The summed E-state index contributed by atoms with van der Waals surface area (Å²) in [6.07, 6.45) is 8.68. The molecule has 0 spiro atoms. The number of aryl methyl sites for hydroxylation is 1. The molecule has 34 heavy (non-hydrogen) atoms. The van der Waals surface area contributed by atoms with Gasteiger partial charge in [-0.1, -0.05) is 54.1 Å². The average molecular weight is 465 g/mol. The lowest BCUT2D eigenvalue weighted by molar-refractivity contribution is -0.127. The molecule has 2 aromatic rings. The molecular formula is C29H34F2N2O. The number of carbonyl (C=O) groups excluding carboxylic acids is 1. The first-order valence-corrected chi connectivity index (χ1v) is 12.4. The second kappa shape index (κ2) is 11.6. The van der Waals surface area contributed by atoms with Crippen molar-refractivity contribution in [1.82, 2.24) is 10.2 Å². The Bertz CT molecular complexity index is 1040. The highest BCUT2D eigenvalue weighted by molar-refractivity contribution is 5.79. The van der Waals surface area contributed by atoms with Crippen LogP contribution in [-0.2, 0) is 4.79 Å². The highest BCUT2D eigenvalue weighted by Gasteiger charge is 2.28. The third kappa shape index (κ3) is 6.20. The Morgan fingerprint density at radius 3 is 2.44 bits per heavy atom. The largest absolute Gasteiger partial charge is 0.345 e. The van der Waals surface area contributed by atoms with Crippen LogP contribution in [0.3, 0.4) is 0 Å². The van der Waals surface area contributed by atoms with E-state index in [1.54, 1.807) is 24.3 Å². The lowest BCUT2D eigenvalue weighted by atomic mass is 9.92. The molecule has 3 nitrogen and oxygen atoms in total. The molecule has 4 rings (SSSR count). The Labute approximate surface area is 201 Å². The number of carbonyl (C=O) groups is 1. The van der Waals surface area contributed by atoms with Crippen LogP contribution in [-0.4, -0.2) is 30.4 Å². The number of amides is 1. The Morgan fingerprint density at radius 1 is 1.03 bits per heavy atom. The van der Waals surface area contributed by atoms with Gasteiger partial charge >= 0.3 is 0 Å². The molecule has 1 fully saturated rings. The van der Waals surface area contributed by atoms with E-state index in [9.17, 15) is 13.6 Å². The monoisotopic (exact) mass is 464 g/mol. The predicted molar refractivity (Wildman–Crippen MR) is 132 cm³/mol. The Morgan fingerprint density at radius 2 is 1.74 bits per heavy atom. The van der Waals surface area contributed by atoms with Crippen LogP contribution in [0.25, 0.3) is 0 Å². The van der Waals surface area contributed by atoms with Crippen molar-refractivity contribution in [1.29, 1.82) is 0 Å². The van der Waals surface area contributed by atoms with Crippen molar-refractivity contribution in [2.24, 2.45) is 5.92 Å². The highest BCUT2D eigenvalue weighted by atomic mass is 19.1. The molecule has 2 aliphatic rings. The van der Waals surface area contributed by atoms with Crippen LogP contribution in [0.15, 0.2) is 72.1 Å². The quantitative estimate of drug-likeness (QED) is 0.490. The number of allylic oxidation sites excluding steroid dienone is 4. The van der Waals surface area contributed by atoms with Gasteiger partial charge in [-0.25, -0.2) is 8.78 Å². The smallest absolute Gasteiger partial charge is 0.223 e. The van der Waals surface area contributed by atoms with Crippen LogP contribution in [0.5, 0.6) is 0 Å². The van der Waals surface area contributed by atoms with Gasteiger partial charge in [0.15, 0.2) is 0 Å². The maximum Gasteiger partial charge on any atom is 0.223 e. The van der Waals surface area contributed by atoms with E-state index in [1.165, 1.54) is 6.07 Å². The lowest BCUT2D eigenvalue weighted by Crippen LogP contribution is -2.42. The zero-order valence-electron chi connectivity index (χ0n) is 19.9. The highest BCUT2D eigenvalue weighted by Crippen LogP contribution is 2.28. The first kappa shape index (κ1) is 24.3. The third-order valence-corrected chi connectivity index (χ3v) is 6.98. The van der Waals surface area contributed by atoms with Gasteiger partial charge in [0.05, 0.1) is 6.04 Å². The molecule has 0 radical (unpaired) electrons. The van der Waals surface area contributed by atoms with Crippen molar-refractivity contribution in [3.63, 3.8) is 0 Å². The van der Waals surface area contributed by atoms with Gasteiger partial charge in [-0.3, -0.25) is 4.79 Å². The van der Waals surface area contributed by atoms with Crippen LogP contribution < -0.4 is 5.32 Å². The van der Waals surface area contributed by atoms with Gasteiger partial charge in [-0.15, -0.1) is 0 Å². The van der Waals surface area contributed by atoms with Crippen LogP contribution in [0.2, 0.25) is 0 Å². The van der Waals surface area contributed by atoms with E-state index in [0.29, 0.717) is 5.56 Å². The van der Waals surface area contributed by atoms with Crippen molar-refractivity contribution >= 4 is 5.91 Å². The SMILES string of the molecule is Cc1ccc(C(NC(=O)C2CCN(CCCC3=CCCC=C3F)CC2)c2ccccc2F)cc1. The fraction of sp³-hybridized carbons (Fsp3) is 0.414. The molecule has 1 unspecified atom stereocenters. The molecule has 1 saturated heterocycles. The topological polar surface area (TPSA) is 32.3 Å². The summed E-state index contributed by atoms with van der Waals surface area (Å²) in [6.45, 7) is 4.63. The molecule has 1 aliphatic carbocycles. The molecule has 1 N–H and O–H groups in total. The summed E-state index contributed by atoms with van der Waals surface area (Å²) in [4.78, 5) is 15.6. The number of piperidine rings is 1. The molecule has 1 aliphatic heterocycles.